The second kappa shape index (κ2) is 6.26. The van der Waals surface area contributed by atoms with Crippen LogP contribution in [0.4, 0.5) is 5.69 Å². The van der Waals surface area contributed by atoms with E-state index < -0.39 is 0 Å². The number of nitrogens with zero attached hydrogens (tertiary/aromatic N) is 1. The molecule has 104 valence electrons. The Morgan fingerprint density at radius 1 is 1.53 bits per heavy atom. The number of benzene rings is 1. The van der Waals surface area contributed by atoms with Crippen LogP contribution in [0.1, 0.15) is 23.2 Å². The van der Waals surface area contributed by atoms with Gasteiger partial charge in [-0.15, -0.1) is 0 Å². The molecule has 4 nitrogen and oxygen atoms in total. The van der Waals surface area contributed by atoms with Gasteiger partial charge in [0.05, 0.1) is 22.9 Å². The lowest BCUT2D eigenvalue weighted by Gasteiger charge is -2.18. The van der Waals surface area contributed by atoms with E-state index in [0.29, 0.717) is 29.4 Å². The third-order valence-corrected chi connectivity index (χ3v) is 3.58. The molecule has 1 fully saturated rings. The number of halogens is 1. The van der Waals surface area contributed by atoms with Gasteiger partial charge in [-0.25, -0.2) is 0 Å². The number of hydrogen-bond acceptors (Lipinski definition) is 3. The average Bonchev–Trinajstić information content (AvgIpc) is 3.21. The molecule has 2 rings (SSSR count). The van der Waals surface area contributed by atoms with Gasteiger partial charge in [-0.1, -0.05) is 17.7 Å². The fourth-order valence-electron chi connectivity index (χ4n) is 1.77. The van der Waals surface area contributed by atoms with Crippen LogP contribution >= 0.6 is 11.6 Å². The van der Waals surface area contributed by atoms with Gasteiger partial charge in [-0.2, -0.15) is 0 Å². The first-order valence-electron chi connectivity index (χ1n) is 6.46. The number of rotatable bonds is 6. The van der Waals surface area contributed by atoms with E-state index in [9.17, 15) is 4.79 Å². The van der Waals surface area contributed by atoms with Crippen LogP contribution in [-0.2, 0) is 4.74 Å². The molecule has 0 unspecified atom stereocenters. The molecule has 0 spiro atoms. The summed E-state index contributed by atoms with van der Waals surface area (Å²) in [7, 11) is 1.74. The Bertz CT molecular complexity index is 461. The van der Waals surface area contributed by atoms with Gasteiger partial charge in [0.25, 0.3) is 5.91 Å². The highest BCUT2D eigenvalue weighted by Gasteiger charge is 2.21. The second-order valence-corrected chi connectivity index (χ2v) is 5.35. The topological polar surface area (TPSA) is 55.6 Å². The molecule has 1 aromatic rings. The van der Waals surface area contributed by atoms with Crippen molar-refractivity contribution in [2.24, 2.45) is 5.92 Å². The van der Waals surface area contributed by atoms with Crippen LogP contribution in [0.2, 0.25) is 5.02 Å². The van der Waals surface area contributed by atoms with Gasteiger partial charge in [-0.3, -0.25) is 4.79 Å². The summed E-state index contributed by atoms with van der Waals surface area (Å²) >= 11 is 5.91. The van der Waals surface area contributed by atoms with Crippen LogP contribution in [0.3, 0.4) is 0 Å². The minimum atomic E-state index is -0.130. The Kier molecular flexibility index (Phi) is 4.66. The quantitative estimate of drug-likeness (QED) is 0.644. The molecule has 0 bridgehead atoms. The van der Waals surface area contributed by atoms with E-state index in [-0.39, 0.29) is 5.91 Å². The van der Waals surface area contributed by atoms with Crippen molar-refractivity contribution in [1.29, 1.82) is 0 Å². The minimum absolute atomic E-state index is 0.130. The maximum Gasteiger partial charge on any atom is 0.255 e. The Morgan fingerprint density at radius 2 is 2.26 bits per heavy atom. The highest BCUT2D eigenvalue weighted by Crippen LogP contribution is 2.28. The first-order valence-corrected chi connectivity index (χ1v) is 6.84. The lowest BCUT2D eigenvalue weighted by molar-refractivity contribution is 0.0682. The van der Waals surface area contributed by atoms with Gasteiger partial charge < -0.3 is 15.4 Å². The van der Waals surface area contributed by atoms with E-state index in [1.165, 1.54) is 12.8 Å². The van der Waals surface area contributed by atoms with Gasteiger partial charge in [-0.05, 0) is 30.9 Å². The third-order valence-electron chi connectivity index (χ3n) is 3.25. The number of para-hydroxylation sites is 1. The fourth-order valence-corrected chi connectivity index (χ4v) is 1.94. The molecule has 19 heavy (non-hydrogen) atoms. The van der Waals surface area contributed by atoms with Crippen molar-refractivity contribution in [2.45, 2.75) is 12.8 Å². The zero-order chi connectivity index (χ0) is 13.8. The first-order chi connectivity index (χ1) is 9.09. The van der Waals surface area contributed by atoms with E-state index in [2.05, 4.69) is 0 Å². The molecule has 0 saturated heterocycles. The molecular weight excluding hydrogens is 264 g/mol. The molecule has 0 aromatic heterocycles. The Balaban J connectivity index is 1.84. The number of amides is 1. The zero-order valence-electron chi connectivity index (χ0n) is 11.1. The van der Waals surface area contributed by atoms with E-state index >= 15 is 0 Å². The fraction of sp³-hybridized carbons (Fsp3) is 0.500. The summed E-state index contributed by atoms with van der Waals surface area (Å²) < 4.78 is 5.52. The Hall–Kier alpha value is -1.26. The molecule has 2 N–H and O–H groups in total. The third kappa shape index (κ3) is 3.85. The van der Waals surface area contributed by atoms with Crippen LogP contribution < -0.4 is 5.73 Å². The first kappa shape index (κ1) is 14.2. The predicted molar refractivity (Wildman–Crippen MR) is 76.4 cm³/mol. The summed E-state index contributed by atoms with van der Waals surface area (Å²) in [4.78, 5) is 13.8. The maximum atomic E-state index is 12.2. The molecular formula is C14H19ClN2O2. The SMILES string of the molecule is CN(CCOCC1CC1)C(=O)c1cccc(Cl)c1N. The molecule has 1 amide bonds. The van der Waals surface area contributed by atoms with Gasteiger partial charge in [0.15, 0.2) is 0 Å². The molecule has 1 saturated carbocycles. The van der Waals surface area contributed by atoms with Gasteiger partial charge in [0.2, 0.25) is 0 Å². The van der Waals surface area contributed by atoms with Crippen molar-refractivity contribution in [3.8, 4) is 0 Å². The monoisotopic (exact) mass is 282 g/mol. The number of nitrogens with two attached hydrogens (primary N) is 1. The molecule has 0 atom stereocenters. The Labute approximate surface area is 118 Å². The maximum absolute atomic E-state index is 12.2. The van der Waals surface area contributed by atoms with Crippen LogP contribution in [0.5, 0.6) is 0 Å². The largest absolute Gasteiger partial charge is 0.397 e. The van der Waals surface area contributed by atoms with E-state index in [0.717, 1.165) is 12.5 Å². The minimum Gasteiger partial charge on any atom is -0.397 e. The molecule has 0 heterocycles. The van der Waals surface area contributed by atoms with Gasteiger partial charge >= 0.3 is 0 Å². The van der Waals surface area contributed by atoms with Crippen molar-refractivity contribution in [2.75, 3.05) is 32.5 Å². The summed E-state index contributed by atoms with van der Waals surface area (Å²) in [5.41, 5.74) is 6.59. The summed E-state index contributed by atoms with van der Waals surface area (Å²) in [6, 6.07) is 5.08. The zero-order valence-corrected chi connectivity index (χ0v) is 11.8. The highest BCUT2D eigenvalue weighted by molar-refractivity contribution is 6.33. The smallest absolute Gasteiger partial charge is 0.255 e. The van der Waals surface area contributed by atoms with E-state index in [4.69, 9.17) is 22.1 Å². The van der Waals surface area contributed by atoms with Crippen LogP contribution in [0.15, 0.2) is 18.2 Å². The average molecular weight is 283 g/mol. The van der Waals surface area contributed by atoms with Gasteiger partial charge in [0, 0.05) is 20.2 Å². The molecule has 1 aliphatic rings. The number of carbonyl (C=O) groups excluding carboxylic acids is 1. The van der Waals surface area contributed by atoms with E-state index in [1.54, 1.807) is 30.1 Å². The molecule has 1 aliphatic carbocycles. The van der Waals surface area contributed by atoms with Crippen LogP contribution in [-0.4, -0.2) is 37.6 Å². The molecule has 5 heteroatoms. The standard InChI is InChI=1S/C14H19ClN2O2/c1-17(7-8-19-9-10-5-6-10)14(18)11-3-2-4-12(15)13(11)16/h2-4,10H,5-9,16H2,1H3. The number of carbonyl (C=O) groups is 1. The van der Waals surface area contributed by atoms with Crippen LogP contribution in [0, 0.1) is 5.92 Å². The normalized spacial score (nSPS) is 14.4. The number of ether oxygens (including phenoxy) is 1. The summed E-state index contributed by atoms with van der Waals surface area (Å²) in [6.07, 6.45) is 2.54. The summed E-state index contributed by atoms with van der Waals surface area (Å²) in [5, 5.41) is 0.407. The predicted octanol–water partition coefficient (Wildman–Crippen LogP) is 2.42. The number of likely N-dealkylation sites (N-methyl/N-ethyl adjacent to an activating group) is 1. The van der Waals surface area contributed by atoms with Crippen molar-refractivity contribution in [1.82, 2.24) is 4.90 Å². The molecule has 1 aromatic carbocycles. The highest BCUT2D eigenvalue weighted by atomic mass is 35.5. The van der Waals surface area contributed by atoms with Crippen molar-refractivity contribution in [3.63, 3.8) is 0 Å². The number of anilines is 1. The van der Waals surface area contributed by atoms with Gasteiger partial charge in [0.1, 0.15) is 0 Å². The van der Waals surface area contributed by atoms with Crippen LogP contribution in [0.25, 0.3) is 0 Å². The number of hydrogen-bond donors (Lipinski definition) is 1. The van der Waals surface area contributed by atoms with E-state index in [1.807, 2.05) is 0 Å². The molecule has 0 radical (unpaired) electrons. The second-order valence-electron chi connectivity index (χ2n) is 4.95. The molecule has 0 aliphatic heterocycles. The Morgan fingerprint density at radius 3 is 2.95 bits per heavy atom. The van der Waals surface area contributed by atoms with Crippen molar-refractivity contribution >= 4 is 23.2 Å². The summed E-state index contributed by atoms with van der Waals surface area (Å²) in [5.74, 6) is 0.611. The van der Waals surface area contributed by atoms with Crippen molar-refractivity contribution < 1.29 is 9.53 Å². The lowest BCUT2D eigenvalue weighted by atomic mass is 10.1. The lowest BCUT2D eigenvalue weighted by Crippen LogP contribution is -2.31. The number of nitrogen functional groups attached to an aromatic ring is 1. The summed E-state index contributed by atoms with van der Waals surface area (Å²) in [6.45, 7) is 1.91. The van der Waals surface area contributed by atoms with Crippen molar-refractivity contribution in [3.05, 3.63) is 28.8 Å².